The van der Waals surface area contributed by atoms with Crippen molar-refractivity contribution in [2.75, 3.05) is 6.54 Å². The van der Waals surface area contributed by atoms with Gasteiger partial charge in [-0.1, -0.05) is 5.11 Å². The van der Waals surface area contributed by atoms with Crippen LogP contribution in [0.5, 0.6) is 0 Å². The van der Waals surface area contributed by atoms with E-state index >= 15 is 0 Å². The van der Waals surface area contributed by atoms with Crippen LogP contribution in [0.2, 0.25) is 0 Å². The van der Waals surface area contributed by atoms with Gasteiger partial charge >= 0.3 is 12.1 Å². The summed E-state index contributed by atoms with van der Waals surface area (Å²) in [6.07, 6.45) is -0.895. The highest BCUT2D eigenvalue weighted by molar-refractivity contribution is 6.01. The predicted molar refractivity (Wildman–Crippen MR) is 83.6 cm³/mol. The Morgan fingerprint density at radius 3 is 2.44 bits per heavy atom. The van der Waals surface area contributed by atoms with Crippen molar-refractivity contribution in [1.29, 1.82) is 0 Å². The summed E-state index contributed by atoms with van der Waals surface area (Å²) >= 11 is 0. The number of carbonyl (C=O) groups excluding carboxylic acids is 4. The number of ether oxygens (including phenoxy) is 1. The van der Waals surface area contributed by atoms with Gasteiger partial charge in [0.1, 0.15) is 5.60 Å². The standard InChI is InChI=1S/C14H21N5O6/c1-14(2,3)24-12(22)7-4-9(17-18-15)8-16-13(23)25-19-10(20)5-6-11(19)21/h9H,4-8H2,1-3H3,(H,16,23)/t9-/m0/s1. The van der Waals surface area contributed by atoms with Crippen molar-refractivity contribution < 1.29 is 28.8 Å². The van der Waals surface area contributed by atoms with Gasteiger partial charge in [-0.05, 0) is 32.7 Å². The monoisotopic (exact) mass is 355 g/mol. The Morgan fingerprint density at radius 1 is 1.32 bits per heavy atom. The number of hydrogen-bond acceptors (Lipinski definition) is 7. The first kappa shape index (κ1) is 20.2. The van der Waals surface area contributed by atoms with Crippen molar-refractivity contribution >= 4 is 23.9 Å². The maximum absolute atomic E-state index is 11.7. The second-order valence-corrected chi connectivity index (χ2v) is 6.33. The number of azide groups is 1. The molecule has 0 aromatic rings. The second-order valence-electron chi connectivity index (χ2n) is 6.33. The molecular weight excluding hydrogens is 334 g/mol. The lowest BCUT2D eigenvalue weighted by Crippen LogP contribution is -2.39. The maximum atomic E-state index is 11.7. The minimum atomic E-state index is -1.03. The molecule has 0 spiro atoms. The fraction of sp³-hybridized carbons (Fsp3) is 0.714. The molecule has 0 aromatic heterocycles. The Morgan fingerprint density at radius 2 is 1.92 bits per heavy atom. The summed E-state index contributed by atoms with van der Waals surface area (Å²) in [7, 11) is 0. The number of nitrogens with one attached hydrogen (secondary N) is 1. The summed E-state index contributed by atoms with van der Waals surface area (Å²) in [5, 5.41) is 6.17. The SMILES string of the molecule is CC(C)(C)OC(=O)CC[C@@H](CNC(=O)ON1C(=O)CCC1=O)N=[N+]=[N-]. The Bertz CT molecular complexity index is 577. The first-order chi connectivity index (χ1) is 11.6. The van der Waals surface area contributed by atoms with Crippen LogP contribution in [0, 0.1) is 0 Å². The first-order valence-corrected chi connectivity index (χ1v) is 7.70. The van der Waals surface area contributed by atoms with Gasteiger partial charge in [-0.2, -0.15) is 0 Å². The van der Waals surface area contributed by atoms with Gasteiger partial charge in [-0.25, -0.2) is 4.79 Å². The highest BCUT2D eigenvalue weighted by Gasteiger charge is 2.33. The molecule has 138 valence electrons. The molecule has 1 rings (SSSR count). The number of hydrogen-bond donors (Lipinski definition) is 1. The van der Waals surface area contributed by atoms with Gasteiger partial charge in [0.25, 0.3) is 11.8 Å². The van der Waals surface area contributed by atoms with E-state index in [1.165, 1.54) is 0 Å². The number of nitrogens with zero attached hydrogens (tertiary/aromatic N) is 4. The Hall–Kier alpha value is -2.81. The van der Waals surface area contributed by atoms with Crippen molar-refractivity contribution in [2.45, 2.75) is 58.1 Å². The van der Waals surface area contributed by atoms with Crippen LogP contribution in [0.3, 0.4) is 0 Å². The zero-order valence-corrected chi connectivity index (χ0v) is 14.4. The molecule has 1 fully saturated rings. The van der Waals surface area contributed by atoms with Gasteiger partial charge in [-0.3, -0.25) is 14.4 Å². The molecule has 25 heavy (non-hydrogen) atoms. The van der Waals surface area contributed by atoms with Gasteiger partial charge in [0, 0.05) is 30.7 Å². The van der Waals surface area contributed by atoms with Crippen LogP contribution in [0.25, 0.3) is 10.4 Å². The van der Waals surface area contributed by atoms with Gasteiger partial charge in [0.05, 0.1) is 6.04 Å². The third-order valence-corrected chi connectivity index (χ3v) is 2.98. The molecule has 1 aliphatic rings. The van der Waals surface area contributed by atoms with Crippen molar-refractivity contribution in [3.63, 3.8) is 0 Å². The number of carbonyl (C=O) groups is 4. The van der Waals surface area contributed by atoms with Gasteiger partial charge in [-0.15, -0.1) is 5.06 Å². The molecule has 1 saturated heterocycles. The van der Waals surface area contributed by atoms with E-state index in [-0.39, 0.29) is 32.2 Å². The molecule has 0 aromatic carbocycles. The molecule has 0 saturated carbocycles. The molecule has 0 unspecified atom stereocenters. The largest absolute Gasteiger partial charge is 0.460 e. The van der Waals surface area contributed by atoms with E-state index in [2.05, 4.69) is 20.2 Å². The third kappa shape index (κ3) is 7.53. The summed E-state index contributed by atoms with van der Waals surface area (Å²) in [5.74, 6) is -1.66. The first-order valence-electron chi connectivity index (χ1n) is 7.70. The van der Waals surface area contributed by atoms with Crippen LogP contribution in [0.4, 0.5) is 4.79 Å². The minimum Gasteiger partial charge on any atom is -0.460 e. The van der Waals surface area contributed by atoms with Crippen molar-refractivity contribution in [2.24, 2.45) is 5.11 Å². The lowest BCUT2D eigenvalue weighted by Gasteiger charge is -2.20. The molecular formula is C14H21N5O6. The molecule has 1 atom stereocenters. The topological polar surface area (TPSA) is 151 Å². The molecule has 1 heterocycles. The number of amides is 3. The van der Waals surface area contributed by atoms with Gasteiger partial charge in [0.15, 0.2) is 0 Å². The van der Waals surface area contributed by atoms with E-state index < -0.39 is 35.5 Å². The quantitative estimate of drug-likeness (QED) is 0.241. The summed E-state index contributed by atoms with van der Waals surface area (Å²) in [4.78, 5) is 53.2. The Balaban J connectivity index is 2.43. The summed E-state index contributed by atoms with van der Waals surface area (Å²) in [6.45, 7) is 5.07. The van der Waals surface area contributed by atoms with Gasteiger partial charge in [0.2, 0.25) is 0 Å². The number of hydroxylamine groups is 2. The average molecular weight is 355 g/mol. The van der Waals surface area contributed by atoms with Crippen LogP contribution in [0.15, 0.2) is 5.11 Å². The van der Waals surface area contributed by atoms with E-state index in [9.17, 15) is 19.2 Å². The van der Waals surface area contributed by atoms with Crippen LogP contribution >= 0.6 is 0 Å². The van der Waals surface area contributed by atoms with Crippen LogP contribution < -0.4 is 5.32 Å². The van der Waals surface area contributed by atoms with E-state index in [1.807, 2.05) is 0 Å². The fourth-order valence-electron chi connectivity index (χ4n) is 1.92. The average Bonchev–Trinajstić information content (AvgIpc) is 2.80. The summed E-state index contributed by atoms with van der Waals surface area (Å²) in [5.41, 5.74) is 7.93. The normalized spacial score (nSPS) is 15.4. The molecule has 11 heteroatoms. The maximum Gasteiger partial charge on any atom is 0.432 e. The molecule has 11 nitrogen and oxygen atoms in total. The molecule has 0 radical (unpaired) electrons. The zero-order chi connectivity index (χ0) is 19.0. The molecule has 1 N–H and O–H groups in total. The Labute approximate surface area is 144 Å². The summed E-state index contributed by atoms with van der Waals surface area (Å²) < 4.78 is 5.14. The van der Waals surface area contributed by atoms with Crippen molar-refractivity contribution in [3.8, 4) is 0 Å². The van der Waals surface area contributed by atoms with Crippen molar-refractivity contribution in [1.82, 2.24) is 10.4 Å². The van der Waals surface area contributed by atoms with E-state index in [1.54, 1.807) is 20.8 Å². The van der Waals surface area contributed by atoms with Gasteiger partial charge < -0.3 is 14.9 Å². The molecule has 1 aliphatic heterocycles. The van der Waals surface area contributed by atoms with Crippen LogP contribution in [0.1, 0.15) is 46.5 Å². The molecule has 0 aliphatic carbocycles. The minimum absolute atomic E-state index is 0.000775. The third-order valence-electron chi connectivity index (χ3n) is 2.98. The molecule has 0 bridgehead atoms. The lowest BCUT2D eigenvalue weighted by molar-refractivity contribution is -0.171. The smallest absolute Gasteiger partial charge is 0.432 e. The fourth-order valence-corrected chi connectivity index (χ4v) is 1.92. The lowest BCUT2D eigenvalue weighted by atomic mass is 10.1. The number of imide groups is 1. The predicted octanol–water partition coefficient (Wildman–Crippen LogP) is 1.58. The van der Waals surface area contributed by atoms with E-state index in [0.29, 0.717) is 5.06 Å². The highest BCUT2D eigenvalue weighted by atomic mass is 16.7. The molecule has 3 amide bonds. The number of rotatable bonds is 7. The highest BCUT2D eigenvalue weighted by Crippen LogP contribution is 2.13. The van der Waals surface area contributed by atoms with E-state index in [0.717, 1.165) is 0 Å². The summed E-state index contributed by atoms with van der Waals surface area (Å²) in [6, 6.07) is -0.713. The van der Waals surface area contributed by atoms with Crippen molar-refractivity contribution in [3.05, 3.63) is 10.4 Å². The van der Waals surface area contributed by atoms with Crippen LogP contribution in [-0.2, 0) is 24.0 Å². The van der Waals surface area contributed by atoms with Crippen LogP contribution in [-0.4, -0.2) is 47.1 Å². The number of esters is 1. The second kappa shape index (κ2) is 8.88. The Kier molecular flexibility index (Phi) is 7.19. The van der Waals surface area contributed by atoms with E-state index in [4.69, 9.17) is 10.3 Å². The zero-order valence-electron chi connectivity index (χ0n) is 14.4.